The molecule has 0 bridgehead atoms. The van der Waals surface area contributed by atoms with E-state index in [0.29, 0.717) is 17.5 Å². The van der Waals surface area contributed by atoms with E-state index < -0.39 is 0 Å². The Morgan fingerprint density at radius 1 is 0.340 bits per heavy atom. The largest absolute Gasteiger partial charge is 0.456 e. The van der Waals surface area contributed by atoms with Crippen molar-refractivity contribution in [2.24, 2.45) is 0 Å². The molecular formula is C43H27N3O. The zero-order valence-electron chi connectivity index (χ0n) is 25.3. The SMILES string of the molecule is c1ccc(-c2nc(-c3ccccc3)nc(-c3ccc4c(c3)oc3cccc(-c5ccc(-c6cccc7ccccc67)cc5)c34)n2)cc1. The maximum atomic E-state index is 6.48. The van der Waals surface area contributed by atoms with E-state index in [1.54, 1.807) is 0 Å². The molecule has 0 saturated carbocycles. The number of nitrogens with zero attached hydrogens (tertiary/aromatic N) is 3. The zero-order valence-corrected chi connectivity index (χ0v) is 25.3. The van der Waals surface area contributed by atoms with Gasteiger partial charge in [-0.3, -0.25) is 0 Å². The minimum absolute atomic E-state index is 0.601. The highest BCUT2D eigenvalue weighted by Gasteiger charge is 2.17. The minimum atomic E-state index is 0.601. The van der Waals surface area contributed by atoms with Gasteiger partial charge < -0.3 is 4.42 Å². The molecule has 0 fully saturated rings. The fourth-order valence-corrected chi connectivity index (χ4v) is 6.45. The molecule has 0 unspecified atom stereocenters. The fraction of sp³-hybridized carbons (Fsp3) is 0. The first-order valence-electron chi connectivity index (χ1n) is 15.7. The van der Waals surface area contributed by atoms with Gasteiger partial charge in [-0.1, -0.05) is 146 Å². The monoisotopic (exact) mass is 601 g/mol. The van der Waals surface area contributed by atoms with E-state index in [2.05, 4.69) is 91.0 Å². The zero-order chi connectivity index (χ0) is 31.2. The molecule has 4 nitrogen and oxygen atoms in total. The summed E-state index contributed by atoms with van der Waals surface area (Å²) in [7, 11) is 0. The molecule has 2 heterocycles. The van der Waals surface area contributed by atoms with Crippen molar-refractivity contribution in [3.05, 3.63) is 164 Å². The number of rotatable bonds is 5. The number of hydrogen-bond donors (Lipinski definition) is 0. The number of benzene rings is 7. The van der Waals surface area contributed by atoms with Crippen molar-refractivity contribution in [2.45, 2.75) is 0 Å². The summed E-state index contributed by atoms with van der Waals surface area (Å²) in [4.78, 5) is 14.7. The molecule has 0 aliphatic carbocycles. The van der Waals surface area contributed by atoms with Gasteiger partial charge in [-0.05, 0) is 51.2 Å². The molecule has 9 aromatic rings. The summed E-state index contributed by atoms with van der Waals surface area (Å²) in [6, 6.07) is 56.4. The van der Waals surface area contributed by atoms with Gasteiger partial charge in [-0.2, -0.15) is 0 Å². The van der Waals surface area contributed by atoms with Crippen molar-refractivity contribution in [2.75, 3.05) is 0 Å². The van der Waals surface area contributed by atoms with E-state index in [4.69, 9.17) is 19.4 Å². The van der Waals surface area contributed by atoms with Crippen LogP contribution in [0.3, 0.4) is 0 Å². The normalized spacial score (nSPS) is 11.4. The van der Waals surface area contributed by atoms with Crippen LogP contribution in [0.4, 0.5) is 0 Å². The van der Waals surface area contributed by atoms with Crippen molar-refractivity contribution in [1.82, 2.24) is 15.0 Å². The average molecular weight is 602 g/mol. The summed E-state index contributed by atoms with van der Waals surface area (Å²) < 4.78 is 6.48. The van der Waals surface area contributed by atoms with Crippen molar-refractivity contribution in [3.8, 4) is 56.4 Å². The maximum Gasteiger partial charge on any atom is 0.164 e. The molecule has 0 amide bonds. The van der Waals surface area contributed by atoms with Crippen LogP contribution >= 0.6 is 0 Å². The first-order chi connectivity index (χ1) is 23.3. The summed E-state index contributed by atoms with van der Waals surface area (Å²) in [5, 5.41) is 4.65. The fourth-order valence-electron chi connectivity index (χ4n) is 6.45. The Balaban J connectivity index is 1.14. The van der Waals surface area contributed by atoms with Gasteiger partial charge in [0.15, 0.2) is 17.5 Å². The summed E-state index contributed by atoms with van der Waals surface area (Å²) in [5.41, 5.74) is 9.09. The third-order valence-electron chi connectivity index (χ3n) is 8.75. The molecular weight excluding hydrogens is 574 g/mol. The van der Waals surface area contributed by atoms with Gasteiger partial charge in [0.2, 0.25) is 0 Å². The van der Waals surface area contributed by atoms with Crippen LogP contribution in [0.5, 0.6) is 0 Å². The highest BCUT2D eigenvalue weighted by molar-refractivity contribution is 6.13. The minimum Gasteiger partial charge on any atom is -0.456 e. The number of hydrogen-bond acceptors (Lipinski definition) is 4. The van der Waals surface area contributed by atoms with E-state index in [9.17, 15) is 0 Å². The number of furan rings is 1. The molecule has 0 atom stereocenters. The maximum absolute atomic E-state index is 6.48. The first-order valence-corrected chi connectivity index (χ1v) is 15.7. The summed E-state index contributed by atoms with van der Waals surface area (Å²) in [6.07, 6.45) is 0. The van der Waals surface area contributed by atoms with Crippen LogP contribution in [-0.2, 0) is 0 Å². The Labute approximate surface area is 271 Å². The van der Waals surface area contributed by atoms with Crippen LogP contribution in [0.15, 0.2) is 168 Å². The lowest BCUT2D eigenvalue weighted by Gasteiger charge is -2.09. The second-order valence-corrected chi connectivity index (χ2v) is 11.6. The van der Waals surface area contributed by atoms with Crippen LogP contribution in [0.25, 0.3) is 89.1 Å². The topological polar surface area (TPSA) is 51.8 Å². The smallest absolute Gasteiger partial charge is 0.164 e. The molecule has 9 rings (SSSR count). The van der Waals surface area contributed by atoms with Crippen LogP contribution in [0.1, 0.15) is 0 Å². The number of fused-ring (bicyclic) bond motifs is 4. The Morgan fingerprint density at radius 3 is 1.57 bits per heavy atom. The van der Waals surface area contributed by atoms with Gasteiger partial charge in [0, 0.05) is 27.5 Å². The summed E-state index contributed by atoms with van der Waals surface area (Å²) in [5.74, 6) is 1.87. The van der Waals surface area contributed by atoms with Crippen molar-refractivity contribution in [1.29, 1.82) is 0 Å². The molecule has 4 heteroatoms. The van der Waals surface area contributed by atoms with Gasteiger partial charge in [-0.15, -0.1) is 0 Å². The van der Waals surface area contributed by atoms with Gasteiger partial charge in [0.1, 0.15) is 11.2 Å². The Bertz CT molecular complexity index is 2490. The van der Waals surface area contributed by atoms with Crippen molar-refractivity contribution in [3.63, 3.8) is 0 Å². The van der Waals surface area contributed by atoms with E-state index in [1.807, 2.05) is 72.8 Å². The second-order valence-electron chi connectivity index (χ2n) is 11.6. The Morgan fingerprint density at radius 2 is 0.872 bits per heavy atom. The Hall–Kier alpha value is -6.39. The predicted octanol–water partition coefficient (Wildman–Crippen LogP) is 11.3. The molecule has 2 aromatic heterocycles. The Kier molecular flexibility index (Phi) is 6.43. The molecule has 0 saturated heterocycles. The average Bonchev–Trinajstić information content (AvgIpc) is 3.53. The molecule has 220 valence electrons. The van der Waals surface area contributed by atoms with E-state index >= 15 is 0 Å². The van der Waals surface area contributed by atoms with Crippen LogP contribution in [0.2, 0.25) is 0 Å². The van der Waals surface area contributed by atoms with Crippen LogP contribution in [0, 0.1) is 0 Å². The van der Waals surface area contributed by atoms with Crippen LogP contribution in [-0.4, -0.2) is 15.0 Å². The lowest BCUT2D eigenvalue weighted by Crippen LogP contribution is -2.00. The van der Waals surface area contributed by atoms with Crippen molar-refractivity contribution < 1.29 is 4.42 Å². The third kappa shape index (κ3) is 4.84. The highest BCUT2D eigenvalue weighted by Crippen LogP contribution is 2.39. The molecule has 0 aliphatic heterocycles. The predicted molar refractivity (Wildman–Crippen MR) is 192 cm³/mol. The molecule has 47 heavy (non-hydrogen) atoms. The van der Waals surface area contributed by atoms with Gasteiger partial charge >= 0.3 is 0 Å². The number of aromatic nitrogens is 3. The molecule has 0 aliphatic rings. The first kappa shape index (κ1) is 27.0. The lowest BCUT2D eigenvalue weighted by atomic mass is 9.94. The summed E-state index contributed by atoms with van der Waals surface area (Å²) >= 11 is 0. The summed E-state index contributed by atoms with van der Waals surface area (Å²) in [6.45, 7) is 0. The second kappa shape index (κ2) is 11.2. The van der Waals surface area contributed by atoms with Gasteiger partial charge in [-0.25, -0.2) is 15.0 Å². The molecule has 7 aromatic carbocycles. The molecule has 0 radical (unpaired) electrons. The van der Waals surface area contributed by atoms with Gasteiger partial charge in [0.25, 0.3) is 0 Å². The van der Waals surface area contributed by atoms with E-state index in [-0.39, 0.29) is 0 Å². The quantitative estimate of drug-likeness (QED) is 0.197. The van der Waals surface area contributed by atoms with E-state index in [0.717, 1.165) is 49.8 Å². The van der Waals surface area contributed by atoms with E-state index in [1.165, 1.54) is 21.9 Å². The lowest BCUT2D eigenvalue weighted by molar-refractivity contribution is 0.669. The highest BCUT2D eigenvalue weighted by atomic mass is 16.3. The third-order valence-corrected chi connectivity index (χ3v) is 8.75. The van der Waals surface area contributed by atoms with Crippen LogP contribution < -0.4 is 0 Å². The molecule has 0 spiro atoms. The standard InChI is InChI=1S/C43H27N3O/c1-3-12-31(13-4-1)41-44-42(32-14-5-2-6-15-32)46-43(45-41)33-25-26-37-39(27-33)47-38-20-10-19-36(40(37)38)30-23-21-29(22-24-30)35-18-9-16-28-11-7-8-17-34(28)35/h1-27H. The van der Waals surface area contributed by atoms with Crippen molar-refractivity contribution >= 4 is 32.7 Å². The van der Waals surface area contributed by atoms with Gasteiger partial charge in [0.05, 0.1) is 0 Å². The molecule has 0 N–H and O–H groups in total.